The van der Waals surface area contributed by atoms with Crippen LogP contribution in [0.5, 0.6) is 0 Å². The summed E-state index contributed by atoms with van der Waals surface area (Å²) in [7, 11) is 0. The monoisotopic (exact) mass is 286 g/mol. The van der Waals surface area contributed by atoms with E-state index in [4.69, 9.17) is 5.11 Å². The number of halogens is 4. The Hall–Kier alpha value is -1.15. The molecule has 1 heterocycles. The van der Waals surface area contributed by atoms with Crippen molar-refractivity contribution in [3.05, 3.63) is 21.4 Å². The molecule has 0 saturated carbocycles. The van der Waals surface area contributed by atoms with Gasteiger partial charge in [0.25, 0.3) is 0 Å². The van der Waals surface area contributed by atoms with E-state index in [1.807, 2.05) is 0 Å². The first-order valence-electron chi connectivity index (χ1n) is 4.80. The van der Waals surface area contributed by atoms with Gasteiger partial charge in [0.15, 0.2) is 0 Å². The fraction of sp³-hybridized carbons (Fsp3) is 0.500. The molecule has 0 aliphatic heterocycles. The second kappa shape index (κ2) is 5.66. The summed E-state index contributed by atoms with van der Waals surface area (Å²) in [6.07, 6.45) is -3.78. The van der Waals surface area contributed by atoms with Gasteiger partial charge in [0, 0.05) is 4.88 Å². The van der Waals surface area contributed by atoms with Crippen molar-refractivity contribution in [3.8, 4) is 0 Å². The first-order valence-corrected chi connectivity index (χ1v) is 5.62. The van der Waals surface area contributed by atoms with Crippen LogP contribution in [0, 0.1) is 6.92 Å². The predicted octanol–water partition coefficient (Wildman–Crippen LogP) is 3.17. The fourth-order valence-corrected chi connectivity index (χ4v) is 2.00. The molecule has 3 nitrogen and oxygen atoms in total. The van der Waals surface area contributed by atoms with Gasteiger partial charge < -0.3 is 9.84 Å². The zero-order valence-electron chi connectivity index (χ0n) is 9.25. The Morgan fingerprint density at radius 2 is 2.17 bits per heavy atom. The number of alkyl halides is 4. The van der Waals surface area contributed by atoms with Crippen LogP contribution in [0.4, 0.5) is 17.6 Å². The molecule has 0 bridgehead atoms. The summed E-state index contributed by atoms with van der Waals surface area (Å²) in [6, 6.07) is 1.28. The van der Waals surface area contributed by atoms with Crippen molar-refractivity contribution < 1.29 is 32.2 Å². The summed E-state index contributed by atoms with van der Waals surface area (Å²) in [5.41, 5.74) is 0.405. The topological polar surface area (TPSA) is 46.5 Å². The summed E-state index contributed by atoms with van der Waals surface area (Å²) < 4.78 is 53.2. The van der Waals surface area contributed by atoms with Gasteiger partial charge in [0.1, 0.15) is 11.5 Å². The molecule has 0 saturated heterocycles. The Labute approximate surface area is 104 Å². The normalized spacial score (nSPS) is 12.1. The zero-order valence-corrected chi connectivity index (χ0v) is 10.1. The van der Waals surface area contributed by atoms with Gasteiger partial charge in [-0.15, -0.1) is 11.3 Å². The van der Waals surface area contributed by atoms with Crippen LogP contribution in [0.15, 0.2) is 6.07 Å². The molecule has 0 aliphatic rings. The lowest BCUT2D eigenvalue weighted by Gasteiger charge is -2.14. The van der Waals surface area contributed by atoms with E-state index < -0.39 is 24.9 Å². The number of hydrogen-bond acceptors (Lipinski definition) is 3. The van der Waals surface area contributed by atoms with Crippen LogP contribution in [0.25, 0.3) is 0 Å². The lowest BCUT2D eigenvalue weighted by molar-refractivity contribution is -0.168. The number of hydrogen-bond donors (Lipinski definition) is 1. The van der Waals surface area contributed by atoms with E-state index in [-0.39, 0.29) is 11.5 Å². The predicted molar refractivity (Wildman–Crippen MR) is 56.6 cm³/mol. The number of carbonyl (C=O) groups is 1. The van der Waals surface area contributed by atoms with E-state index >= 15 is 0 Å². The standard InChI is InChI=1S/C10H10F4O3S/c1-5-6(2-7(18-5)8(15)16)3-17-4-10(13,14)9(11)12/h2,9H,3-4H2,1H3,(H,15,16). The average molecular weight is 286 g/mol. The highest BCUT2D eigenvalue weighted by atomic mass is 32.1. The summed E-state index contributed by atoms with van der Waals surface area (Å²) in [5, 5.41) is 8.70. The van der Waals surface area contributed by atoms with E-state index in [0.717, 1.165) is 11.3 Å². The highest BCUT2D eigenvalue weighted by Gasteiger charge is 2.40. The number of carboxylic acid groups (broad SMARTS) is 1. The number of aromatic carboxylic acids is 1. The van der Waals surface area contributed by atoms with E-state index in [2.05, 4.69) is 4.74 Å². The fourth-order valence-electron chi connectivity index (χ4n) is 1.13. The number of aryl methyl sites for hydroxylation is 1. The molecule has 1 N–H and O–H groups in total. The highest BCUT2D eigenvalue weighted by Crippen LogP contribution is 2.25. The summed E-state index contributed by atoms with van der Waals surface area (Å²) in [5.74, 6) is -5.33. The maximum absolute atomic E-state index is 12.5. The van der Waals surface area contributed by atoms with Crippen LogP contribution >= 0.6 is 11.3 Å². The molecule has 0 spiro atoms. The van der Waals surface area contributed by atoms with Crippen LogP contribution in [-0.2, 0) is 11.3 Å². The van der Waals surface area contributed by atoms with Gasteiger partial charge in [-0.3, -0.25) is 0 Å². The lowest BCUT2D eigenvalue weighted by Crippen LogP contribution is -2.32. The molecular weight excluding hydrogens is 276 g/mol. The third kappa shape index (κ3) is 3.67. The third-order valence-corrected chi connectivity index (χ3v) is 3.18. The second-order valence-electron chi connectivity index (χ2n) is 3.55. The summed E-state index contributed by atoms with van der Waals surface area (Å²) in [6.45, 7) is -0.124. The van der Waals surface area contributed by atoms with E-state index in [9.17, 15) is 22.4 Å². The largest absolute Gasteiger partial charge is 0.477 e. The first-order chi connectivity index (χ1) is 8.24. The van der Waals surface area contributed by atoms with Gasteiger partial charge in [0.05, 0.1) is 6.61 Å². The van der Waals surface area contributed by atoms with Gasteiger partial charge >= 0.3 is 18.3 Å². The average Bonchev–Trinajstić information content (AvgIpc) is 2.60. The van der Waals surface area contributed by atoms with E-state index in [1.54, 1.807) is 6.92 Å². The highest BCUT2D eigenvalue weighted by molar-refractivity contribution is 7.14. The van der Waals surface area contributed by atoms with Crippen LogP contribution in [0.1, 0.15) is 20.1 Å². The minimum atomic E-state index is -4.19. The van der Waals surface area contributed by atoms with Crippen LogP contribution in [-0.4, -0.2) is 30.0 Å². The molecule has 1 aromatic rings. The molecule has 0 radical (unpaired) electrons. The minimum Gasteiger partial charge on any atom is -0.477 e. The molecule has 0 aromatic carbocycles. The lowest BCUT2D eigenvalue weighted by atomic mass is 10.2. The van der Waals surface area contributed by atoms with Crippen LogP contribution in [0.2, 0.25) is 0 Å². The van der Waals surface area contributed by atoms with Crippen molar-refractivity contribution in [3.63, 3.8) is 0 Å². The van der Waals surface area contributed by atoms with Gasteiger partial charge in [-0.2, -0.15) is 8.78 Å². The quantitative estimate of drug-likeness (QED) is 0.817. The summed E-state index contributed by atoms with van der Waals surface area (Å²) in [4.78, 5) is 11.3. The SMILES string of the molecule is Cc1sc(C(=O)O)cc1COCC(F)(F)C(F)F. The molecule has 0 atom stereocenters. The molecule has 0 unspecified atom stereocenters. The maximum Gasteiger partial charge on any atom is 0.345 e. The molecule has 1 rings (SSSR count). The third-order valence-electron chi connectivity index (χ3n) is 2.10. The van der Waals surface area contributed by atoms with Crippen molar-refractivity contribution in [2.45, 2.75) is 25.9 Å². The number of rotatable bonds is 6. The Bertz CT molecular complexity index is 431. The van der Waals surface area contributed by atoms with Crippen LogP contribution in [0.3, 0.4) is 0 Å². The smallest absolute Gasteiger partial charge is 0.345 e. The molecule has 1 aromatic heterocycles. The van der Waals surface area contributed by atoms with Crippen molar-refractivity contribution in [2.24, 2.45) is 0 Å². The Kier molecular flexibility index (Phi) is 4.69. The van der Waals surface area contributed by atoms with Crippen molar-refractivity contribution in [2.75, 3.05) is 6.61 Å². The maximum atomic E-state index is 12.5. The van der Waals surface area contributed by atoms with Crippen molar-refractivity contribution >= 4 is 17.3 Å². The molecule has 102 valence electrons. The van der Waals surface area contributed by atoms with Crippen LogP contribution < -0.4 is 0 Å². The Morgan fingerprint density at radius 3 is 2.61 bits per heavy atom. The molecule has 8 heteroatoms. The van der Waals surface area contributed by atoms with E-state index in [0.29, 0.717) is 10.4 Å². The Morgan fingerprint density at radius 1 is 1.56 bits per heavy atom. The van der Waals surface area contributed by atoms with Crippen molar-refractivity contribution in [1.29, 1.82) is 0 Å². The number of thiophene rings is 1. The number of carboxylic acids is 1. The van der Waals surface area contributed by atoms with Gasteiger partial charge in [-0.1, -0.05) is 0 Å². The first kappa shape index (κ1) is 14.9. The van der Waals surface area contributed by atoms with Gasteiger partial charge in [-0.25, -0.2) is 13.6 Å². The molecule has 0 fully saturated rings. The zero-order chi connectivity index (χ0) is 13.9. The van der Waals surface area contributed by atoms with Crippen molar-refractivity contribution in [1.82, 2.24) is 0 Å². The molecular formula is C10H10F4O3S. The molecule has 0 aliphatic carbocycles. The molecule has 18 heavy (non-hydrogen) atoms. The minimum absolute atomic E-state index is 0.0479. The Balaban J connectivity index is 2.57. The van der Waals surface area contributed by atoms with Gasteiger partial charge in [0.2, 0.25) is 0 Å². The number of ether oxygens (including phenoxy) is 1. The van der Waals surface area contributed by atoms with E-state index in [1.165, 1.54) is 6.07 Å². The molecule has 0 amide bonds. The second-order valence-corrected chi connectivity index (χ2v) is 4.81. The summed E-state index contributed by atoms with van der Waals surface area (Å²) >= 11 is 0.972. The van der Waals surface area contributed by atoms with Gasteiger partial charge in [-0.05, 0) is 18.6 Å².